The summed E-state index contributed by atoms with van der Waals surface area (Å²) in [6.45, 7) is 0.513. The van der Waals surface area contributed by atoms with Crippen molar-refractivity contribution in [1.82, 2.24) is 9.71 Å². The number of aromatic nitrogens is 1. The lowest BCUT2D eigenvalue weighted by molar-refractivity contribution is 0.357. The summed E-state index contributed by atoms with van der Waals surface area (Å²) in [5.74, 6) is 6.08. The highest BCUT2D eigenvalue weighted by Crippen LogP contribution is 2.23. The number of nitrogens with zero attached hydrogens (tertiary/aromatic N) is 1. The van der Waals surface area contributed by atoms with Crippen LogP contribution in [0.4, 0.5) is 5.82 Å². The molecule has 1 heterocycles. The summed E-state index contributed by atoms with van der Waals surface area (Å²) in [5, 5.41) is 0. The fourth-order valence-corrected chi connectivity index (χ4v) is 3.39. The smallest absolute Gasteiger partial charge is 0.242 e. The van der Waals surface area contributed by atoms with Crippen LogP contribution in [0.1, 0.15) is 32.1 Å². The Morgan fingerprint density at radius 2 is 2.00 bits per heavy atom. The molecule has 1 aliphatic carbocycles. The van der Waals surface area contributed by atoms with Crippen molar-refractivity contribution in [3.8, 4) is 0 Å². The monoisotopic (exact) mass is 284 g/mol. The predicted molar refractivity (Wildman–Crippen MR) is 73.8 cm³/mol. The number of hydrogen-bond acceptors (Lipinski definition) is 5. The minimum absolute atomic E-state index is 0.169. The van der Waals surface area contributed by atoms with Gasteiger partial charge in [-0.05, 0) is 30.9 Å². The van der Waals surface area contributed by atoms with Crippen LogP contribution in [0.3, 0.4) is 0 Å². The maximum absolute atomic E-state index is 12.1. The average Bonchev–Trinajstić information content (AvgIpc) is 2.46. The van der Waals surface area contributed by atoms with E-state index in [2.05, 4.69) is 15.1 Å². The number of hydrazine groups is 1. The quantitative estimate of drug-likeness (QED) is 0.558. The molecule has 4 N–H and O–H groups in total. The number of hydrogen-bond donors (Lipinski definition) is 3. The standard InChI is InChI=1S/C12H20N4O2S/c13-16-12-7-6-11(9-14-12)19(17,18)15-8-10-4-2-1-3-5-10/h6-7,9-10,15H,1-5,8,13H2,(H,14,16). The third-order valence-electron chi connectivity index (χ3n) is 3.48. The summed E-state index contributed by atoms with van der Waals surface area (Å²) >= 11 is 0. The Kier molecular flexibility index (Phi) is 4.73. The second-order valence-electron chi connectivity index (χ2n) is 4.88. The lowest BCUT2D eigenvalue weighted by Crippen LogP contribution is -2.30. The molecule has 6 nitrogen and oxygen atoms in total. The molecule has 0 aliphatic heterocycles. The van der Waals surface area contributed by atoms with Crippen LogP contribution in [0.15, 0.2) is 23.2 Å². The molecule has 0 saturated heterocycles. The molecular weight excluding hydrogens is 264 g/mol. The average molecular weight is 284 g/mol. The Labute approximate surface area is 113 Å². The van der Waals surface area contributed by atoms with E-state index in [-0.39, 0.29) is 4.90 Å². The van der Waals surface area contributed by atoms with Crippen molar-refractivity contribution in [2.75, 3.05) is 12.0 Å². The number of anilines is 1. The van der Waals surface area contributed by atoms with Crippen molar-refractivity contribution in [3.05, 3.63) is 18.3 Å². The molecule has 2 rings (SSSR count). The Bertz CT molecular complexity index is 495. The summed E-state index contributed by atoms with van der Waals surface area (Å²) in [4.78, 5) is 4.07. The summed E-state index contributed by atoms with van der Waals surface area (Å²) in [6.07, 6.45) is 7.18. The van der Waals surface area contributed by atoms with Gasteiger partial charge in [-0.15, -0.1) is 0 Å². The molecule has 1 aliphatic rings. The van der Waals surface area contributed by atoms with Crippen molar-refractivity contribution < 1.29 is 8.42 Å². The zero-order valence-electron chi connectivity index (χ0n) is 10.8. The van der Waals surface area contributed by atoms with Crippen LogP contribution in [0.25, 0.3) is 0 Å². The number of sulfonamides is 1. The number of nitrogens with one attached hydrogen (secondary N) is 2. The maximum Gasteiger partial charge on any atom is 0.242 e. The fourth-order valence-electron chi connectivity index (χ4n) is 2.33. The Hall–Kier alpha value is -1.18. The van der Waals surface area contributed by atoms with E-state index in [4.69, 9.17) is 5.84 Å². The van der Waals surface area contributed by atoms with Gasteiger partial charge in [0.15, 0.2) is 0 Å². The Morgan fingerprint density at radius 1 is 1.26 bits per heavy atom. The number of nitrogens with two attached hydrogens (primary N) is 1. The second kappa shape index (κ2) is 6.31. The van der Waals surface area contributed by atoms with Gasteiger partial charge >= 0.3 is 0 Å². The van der Waals surface area contributed by atoms with E-state index in [1.165, 1.54) is 37.6 Å². The van der Waals surface area contributed by atoms with Crippen molar-refractivity contribution in [2.45, 2.75) is 37.0 Å². The number of rotatable bonds is 5. The maximum atomic E-state index is 12.1. The SMILES string of the molecule is NNc1ccc(S(=O)(=O)NCC2CCCCC2)cn1. The van der Waals surface area contributed by atoms with Crippen LogP contribution < -0.4 is 16.0 Å². The molecular formula is C12H20N4O2S. The topological polar surface area (TPSA) is 97.1 Å². The molecule has 0 bridgehead atoms. The molecule has 0 amide bonds. The van der Waals surface area contributed by atoms with Gasteiger partial charge in [0, 0.05) is 12.7 Å². The van der Waals surface area contributed by atoms with Gasteiger partial charge < -0.3 is 5.43 Å². The molecule has 7 heteroatoms. The minimum Gasteiger partial charge on any atom is -0.308 e. The van der Waals surface area contributed by atoms with Crippen LogP contribution in [-0.4, -0.2) is 19.9 Å². The molecule has 1 saturated carbocycles. The van der Waals surface area contributed by atoms with Gasteiger partial charge in [-0.25, -0.2) is 24.0 Å². The lowest BCUT2D eigenvalue weighted by Gasteiger charge is -2.21. The van der Waals surface area contributed by atoms with Crippen LogP contribution in [0.2, 0.25) is 0 Å². The van der Waals surface area contributed by atoms with Crippen LogP contribution in [0, 0.1) is 5.92 Å². The van der Waals surface area contributed by atoms with Crippen molar-refractivity contribution in [2.24, 2.45) is 11.8 Å². The minimum atomic E-state index is -3.47. The van der Waals surface area contributed by atoms with E-state index < -0.39 is 10.0 Å². The predicted octanol–water partition coefficient (Wildman–Crippen LogP) is 1.23. The highest BCUT2D eigenvalue weighted by molar-refractivity contribution is 7.89. The summed E-state index contributed by atoms with van der Waals surface area (Å²) < 4.78 is 26.8. The van der Waals surface area contributed by atoms with Crippen molar-refractivity contribution in [1.29, 1.82) is 0 Å². The van der Waals surface area contributed by atoms with E-state index in [1.54, 1.807) is 0 Å². The third-order valence-corrected chi connectivity index (χ3v) is 4.89. The molecule has 106 valence electrons. The molecule has 0 radical (unpaired) electrons. The molecule has 1 aromatic rings. The first-order chi connectivity index (χ1) is 9.12. The third kappa shape index (κ3) is 3.89. The molecule has 1 fully saturated rings. The highest BCUT2D eigenvalue weighted by Gasteiger charge is 2.19. The van der Waals surface area contributed by atoms with Gasteiger partial charge in [0.05, 0.1) is 0 Å². The van der Waals surface area contributed by atoms with E-state index in [0.29, 0.717) is 18.3 Å². The molecule has 1 aromatic heterocycles. The molecule has 19 heavy (non-hydrogen) atoms. The second-order valence-corrected chi connectivity index (χ2v) is 6.65. The van der Waals surface area contributed by atoms with Crippen LogP contribution in [0.5, 0.6) is 0 Å². The first kappa shape index (κ1) is 14.2. The normalized spacial score (nSPS) is 17.3. The molecule has 0 unspecified atom stereocenters. The van der Waals surface area contributed by atoms with Crippen LogP contribution >= 0.6 is 0 Å². The van der Waals surface area contributed by atoms with E-state index in [0.717, 1.165) is 12.8 Å². The van der Waals surface area contributed by atoms with Gasteiger partial charge in [0.1, 0.15) is 10.7 Å². The van der Waals surface area contributed by atoms with Gasteiger partial charge in [-0.2, -0.15) is 0 Å². The highest BCUT2D eigenvalue weighted by atomic mass is 32.2. The van der Waals surface area contributed by atoms with E-state index in [9.17, 15) is 8.42 Å². The molecule has 0 atom stereocenters. The van der Waals surface area contributed by atoms with Gasteiger partial charge in [-0.1, -0.05) is 19.3 Å². The van der Waals surface area contributed by atoms with Gasteiger partial charge in [0.25, 0.3) is 0 Å². The Balaban J connectivity index is 1.96. The van der Waals surface area contributed by atoms with Gasteiger partial charge in [0.2, 0.25) is 10.0 Å². The first-order valence-corrected chi connectivity index (χ1v) is 8.02. The molecule has 0 aromatic carbocycles. The number of nitrogen functional groups attached to an aromatic ring is 1. The van der Waals surface area contributed by atoms with Crippen molar-refractivity contribution >= 4 is 15.8 Å². The Morgan fingerprint density at radius 3 is 2.58 bits per heavy atom. The van der Waals surface area contributed by atoms with Gasteiger partial charge in [-0.3, -0.25) is 0 Å². The summed E-state index contributed by atoms with van der Waals surface area (Å²) in [6, 6.07) is 3.03. The number of pyridine rings is 1. The first-order valence-electron chi connectivity index (χ1n) is 6.54. The lowest BCUT2D eigenvalue weighted by atomic mass is 9.90. The van der Waals surface area contributed by atoms with E-state index >= 15 is 0 Å². The summed E-state index contributed by atoms with van der Waals surface area (Å²) in [5.41, 5.74) is 2.36. The fraction of sp³-hybridized carbons (Fsp3) is 0.583. The van der Waals surface area contributed by atoms with Crippen molar-refractivity contribution in [3.63, 3.8) is 0 Å². The largest absolute Gasteiger partial charge is 0.308 e. The zero-order chi connectivity index (χ0) is 13.7. The van der Waals surface area contributed by atoms with Crippen LogP contribution in [-0.2, 0) is 10.0 Å². The van der Waals surface area contributed by atoms with E-state index in [1.807, 2.05) is 0 Å². The zero-order valence-corrected chi connectivity index (χ0v) is 11.6. The molecule has 0 spiro atoms. The summed E-state index contributed by atoms with van der Waals surface area (Å²) in [7, 11) is -3.47.